The Kier molecular flexibility index (Phi) is 14.2. The van der Waals surface area contributed by atoms with Crippen molar-refractivity contribution in [3.05, 3.63) is 48.3 Å². The Morgan fingerprint density at radius 2 is 1.96 bits per heavy atom. The van der Waals surface area contributed by atoms with E-state index in [1.807, 2.05) is 49.9 Å². The summed E-state index contributed by atoms with van der Waals surface area (Å²) in [6, 6.07) is 4.11. The van der Waals surface area contributed by atoms with Gasteiger partial charge in [0.15, 0.2) is 0 Å². The molecule has 0 spiro atoms. The van der Waals surface area contributed by atoms with Crippen LogP contribution in [0.4, 0.5) is 0 Å². The van der Waals surface area contributed by atoms with Gasteiger partial charge in [0, 0.05) is 58.3 Å². The fourth-order valence-electron chi connectivity index (χ4n) is 1.74. The van der Waals surface area contributed by atoms with Gasteiger partial charge >= 0.3 is 0 Å². The van der Waals surface area contributed by atoms with Gasteiger partial charge in [0.25, 0.3) is 0 Å². The van der Waals surface area contributed by atoms with E-state index >= 15 is 0 Å². The standard InChI is InChI=1S/C18H28N4S4/c1-5-21-16(13-23-11-9-19-3)15(2)25-26-18-7-6-8-22-17(18)14-24-12-10-20-4/h5-8,19-20H,1-2,9-14H2,3-4H3. The molecule has 144 valence electrons. The minimum Gasteiger partial charge on any atom is -0.319 e. The molecule has 0 atom stereocenters. The van der Waals surface area contributed by atoms with Crippen LogP contribution in [-0.2, 0) is 5.75 Å². The third-order valence-corrected chi connectivity index (χ3v) is 7.52. The zero-order valence-electron chi connectivity index (χ0n) is 15.5. The summed E-state index contributed by atoms with van der Waals surface area (Å²) in [6.07, 6.45) is 3.46. The highest BCUT2D eigenvalue weighted by Gasteiger charge is 2.10. The van der Waals surface area contributed by atoms with Gasteiger partial charge in [0.05, 0.1) is 11.4 Å². The third-order valence-electron chi connectivity index (χ3n) is 3.12. The third kappa shape index (κ3) is 10.1. The van der Waals surface area contributed by atoms with Crippen LogP contribution in [0.1, 0.15) is 5.69 Å². The quantitative estimate of drug-likeness (QED) is 0.245. The summed E-state index contributed by atoms with van der Waals surface area (Å²) in [5, 5.41) is 6.32. The molecule has 0 saturated carbocycles. The molecule has 0 unspecified atom stereocenters. The number of pyridine rings is 1. The van der Waals surface area contributed by atoms with E-state index in [1.54, 1.807) is 27.8 Å². The van der Waals surface area contributed by atoms with Crippen molar-refractivity contribution in [1.82, 2.24) is 15.6 Å². The second kappa shape index (κ2) is 15.7. The van der Waals surface area contributed by atoms with E-state index < -0.39 is 0 Å². The molecule has 2 N–H and O–H groups in total. The highest BCUT2D eigenvalue weighted by molar-refractivity contribution is 8.78. The summed E-state index contributed by atoms with van der Waals surface area (Å²) in [4.78, 5) is 11.1. The first-order valence-corrected chi connectivity index (χ1v) is 12.8. The number of allylic oxidation sites excluding steroid dienone is 1. The Morgan fingerprint density at radius 1 is 1.23 bits per heavy atom. The van der Waals surface area contributed by atoms with Gasteiger partial charge in [-0.15, -0.1) is 0 Å². The van der Waals surface area contributed by atoms with Crippen molar-refractivity contribution in [1.29, 1.82) is 0 Å². The first-order chi connectivity index (χ1) is 12.7. The maximum Gasteiger partial charge on any atom is 0.0646 e. The molecular formula is C18H28N4S4. The summed E-state index contributed by atoms with van der Waals surface area (Å²) in [7, 11) is 7.30. The average molecular weight is 429 g/mol. The monoisotopic (exact) mass is 428 g/mol. The Hall–Kier alpha value is -0.380. The minimum absolute atomic E-state index is 0.847. The van der Waals surface area contributed by atoms with E-state index in [-0.39, 0.29) is 0 Å². The van der Waals surface area contributed by atoms with E-state index in [4.69, 9.17) is 0 Å². The molecule has 1 aromatic rings. The molecule has 0 saturated heterocycles. The molecule has 1 rings (SSSR count). The number of aromatic nitrogens is 1. The Bertz CT molecular complexity index is 578. The van der Waals surface area contributed by atoms with Gasteiger partial charge in [-0.2, -0.15) is 23.5 Å². The number of nitrogens with one attached hydrogen (secondary N) is 2. The lowest BCUT2D eigenvalue weighted by atomic mass is 10.4. The molecule has 4 nitrogen and oxygen atoms in total. The fourth-order valence-corrected chi connectivity index (χ4v) is 5.85. The van der Waals surface area contributed by atoms with Gasteiger partial charge in [-0.25, -0.2) is 0 Å². The van der Waals surface area contributed by atoms with Gasteiger partial charge in [0.2, 0.25) is 0 Å². The van der Waals surface area contributed by atoms with Gasteiger partial charge < -0.3 is 10.6 Å². The molecule has 1 heterocycles. The van der Waals surface area contributed by atoms with Crippen LogP contribution in [0.25, 0.3) is 0 Å². The van der Waals surface area contributed by atoms with Gasteiger partial charge in [-0.05, 0) is 26.2 Å². The summed E-state index contributed by atoms with van der Waals surface area (Å²) in [5.41, 5.74) is 2.12. The topological polar surface area (TPSA) is 49.3 Å². The number of aliphatic imine (C=N–C) groups is 1. The fraction of sp³-hybridized carbons (Fsp3) is 0.444. The van der Waals surface area contributed by atoms with E-state index in [2.05, 4.69) is 39.8 Å². The number of rotatable bonds is 15. The molecule has 0 radical (unpaired) electrons. The molecule has 0 aliphatic heterocycles. The van der Waals surface area contributed by atoms with Crippen molar-refractivity contribution >= 4 is 50.8 Å². The van der Waals surface area contributed by atoms with E-state index in [9.17, 15) is 0 Å². The van der Waals surface area contributed by atoms with E-state index in [0.29, 0.717) is 0 Å². The Morgan fingerprint density at radius 3 is 2.65 bits per heavy atom. The van der Waals surface area contributed by atoms with Crippen LogP contribution in [-0.4, -0.2) is 55.1 Å². The minimum atomic E-state index is 0.847. The molecule has 8 heteroatoms. The van der Waals surface area contributed by atoms with Crippen LogP contribution in [0.2, 0.25) is 0 Å². The van der Waals surface area contributed by atoms with Crippen LogP contribution < -0.4 is 10.6 Å². The second-order valence-corrected chi connectivity index (χ2v) is 9.59. The van der Waals surface area contributed by atoms with Crippen LogP contribution in [0.15, 0.2) is 52.5 Å². The summed E-state index contributed by atoms with van der Waals surface area (Å²) in [5.74, 6) is 3.90. The molecule has 0 aliphatic rings. The van der Waals surface area contributed by atoms with Gasteiger partial charge in [-0.1, -0.05) is 34.7 Å². The highest BCUT2D eigenvalue weighted by Crippen LogP contribution is 2.39. The van der Waals surface area contributed by atoms with Crippen LogP contribution in [0.3, 0.4) is 0 Å². The largest absolute Gasteiger partial charge is 0.319 e. The maximum atomic E-state index is 4.54. The number of hydrogen-bond acceptors (Lipinski definition) is 8. The molecule has 0 fully saturated rings. The van der Waals surface area contributed by atoms with Gasteiger partial charge in [0.1, 0.15) is 0 Å². The van der Waals surface area contributed by atoms with E-state index in [1.165, 1.54) is 4.90 Å². The zero-order chi connectivity index (χ0) is 19.0. The molecule has 26 heavy (non-hydrogen) atoms. The smallest absolute Gasteiger partial charge is 0.0646 e. The number of nitrogens with zero attached hydrogens (tertiary/aromatic N) is 2. The van der Waals surface area contributed by atoms with Crippen LogP contribution >= 0.6 is 45.1 Å². The van der Waals surface area contributed by atoms with Crippen molar-refractivity contribution in [3.63, 3.8) is 0 Å². The lowest BCUT2D eigenvalue weighted by molar-refractivity contribution is 0.871. The Labute approximate surface area is 174 Å². The molecular weight excluding hydrogens is 400 g/mol. The summed E-state index contributed by atoms with van der Waals surface area (Å²) < 4.78 is 0. The molecule has 1 aromatic heterocycles. The van der Waals surface area contributed by atoms with Crippen LogP contribution in [0, 0.1) is 0 Å². The second-order valence-electron chi connectivity index (χ2n) is 5.11. The normalized spacial score (nSPS) is 11.5. The number of hydrogen-bond donors (Lipinski definition) is 2. The first-order valence-electron chi connectivity index (χ1n) is 8.32. The predicted molar refractivity (Wildman–Crippen MR) is 126 cm³/mol. The van der Waals surface area contributed by atoms with Crippen molar-refractivity contribution in [2.45, 2.75) is 10.6 Å². The lowest BCUT2D eigenvalue weighted by Crippen LogP contribution is -2.12. The Balaban J connectivity index is 2.56. The number of thioether (sulfide) groups is 2. The summed E-state index contributed by atoms with van der Waals surface area (Å²) >= 11 is 3.74. The molecule has 0 aromatic carbocycles. The van der Waals surface area contributed by atoms with Crippen molar-refractivity contribution < 1.29 is 0 Å². The first kappa shape index (κ1) is 23.7. The predicted octanol–water partition coefficient (Wildman–Crippen LogP) is 4.33. The highest BCUT2D eigenvalue weighted by atomic mass is 33.1. The molecule has 0 amide bonds. The van der Waals surface area contributed by atoms with Gasteiger partial charge in [-0.3, -0.25) is 9.98 Å². The molecule has 0 bridgehead atoms. The lowest BCUT2D eigenvalue weighted by Gasteiger charge is -2.10. The van der Waals surface area contributed by atoms with Crippen LogP contribution in [0.5, 0.6) is 0 Å². The zero-order valence-corrected chi connectivity index (χ0v) is 18.8. The SMILES string of the molecule is C=CN=C(CSCCNC)C(=C)SSc1cccnc1CSCCNC. The average Bonchev–Trinajstić information content (AvgIpc) is 2.66. The van der Waals surface area contributed by atoms with E-state index in [0.717, 1.165) is 52.4 Å². The van der Waals surface area contributed by atoms with Crippen molar-refractivity contribution in [3.8, 4) is 0 Å². The van der Waals surface area contributed by atoms with Crippen molar-refractivity contribution in [2.24, 2.45) is 4.99 Å². The maximum absolute atomic E-state index is 4.54. The molecule has 0 aliphatic carbocycles. The summed E-state index contributed by atoms with van der Waals surface area (Å²) in [6.45, 7) is 9.93. The van der Waals surface area contributed by atoms with Crippen molar-refractivity contribution in [2.75, 3.05) is 44.4 Å².